The van der Waals surface area contributed by atoms with Crippen LogP contribution in [0.3, 0.4) is 0 Å². The minimum Gasteiger partial charge on any atom is -0.444 e. The summed E-state index contributed by atoms with van der Waals surface area (Å²) in [5, 5.41) is 3.47. The number of aryl methyl sites for hydroxylation is 1. The molecule has 0 radical (unpaired) electrons. The molecule has 4 rings (SSSR count). The summed E-state index contributed by atoms with van der Waals surface area (Å²) in [4.78, 5) is 23.9. The third-order valence-corrected chi connectivity index (χ3v) is 5.65. The molecular formula is C26H35FN6O2. The predicted octanol–water partition coefficient (Wildman–Crippen LogP) is 5.60. The molecule has 188 valence electrons. The van der Waals surface area contributed by atoms with Gasteiger partial charge in [0.15, 0.2) is 0 Å². The highest BCUT2D eigenvalue weighted by Crippen LogP contribution is 2.27. The van der Waals surface area contributed by atoms with Gasteiger partial charge in [0.2, 0.25) is 5.95 Å². The van der Waals surface area contributed by atoms with Gasteiger partial charge in [-0.05, 0) is 63.8 Å². The van der Waals surface area contributed by atoms with Crippen molar-refractivity contribution < 1.29 is 13.9 Å². The number of halogens is 1. The van der Waals surface area contributed by atoms with Crippen molar-refractivity contribution in [3.63, 3.8) is 0 Å². The summed E-state index contributed by atoms with van der Waals surface area (Å²) in [5.41, 5.74) is 14.0. The van der Waals surface area contributed by atoms with E-state index in [9.17, 15) is 9.18 Å². The first kappa shape index (κ1) is 26.1. The van der Waals surface area contributed by atoms with Crippen LogP contribution in [0.25, 0.3) is 22.3 Å². The van der Waals surface area contributed by atoms with E-state index in [1.807, 2.05) is 6.07 Å². The number of nitrogen functional groups attached to an aromatic ring is 1. The Balaban J connectivity index is 0.000000371. The van der Waals surface area contributed by atoms with Crippen LogP contribution in [0.2, 0.25) is 0 Å². The average Bonchev–Trinajstić information content (AvgIpc) is 2.79. The number of ether oxygens (including phenoxy) is 1. The monoisotopic (exact) mass is 482 g/mol. The number of carbonyl (C=O) groups is 1. The molecule has 3 aromatic rings. The third kappa shape index (κ3) is 7.50. The molecule has 8 nitrogen and oxygen atoms in total. The van der Waals surface area contributed by atoms with E-state index in [0.717, 1.165) is 23.0 Å². The zero-order valence-corrected chi connectivity index (χ0v) is 20.9. The lowest BCUT2D eigenvalue weighted by molar-refractivity contribution is 0.0600. The molecular weight excluding hydrogens is 447 g/mol. The number of carbonyl (C=O) groups excluding carboxylic acids is 1. The Hall–Kier alpha value is -3.49. The van der Waals surface area contributed by atoms with Crippen molar-refractivity contribution in [3.05, 3.63) is 41.8 Å². The summed E-state index contributed by atoms with van der Waals surface area (Å²) < 4.78 is 18.4. The quantitative estimate of drug-likeness (QED) is 0.413. The highest BCUT2D eigenvalue weighted by Gasteiger charge is 2.16. The van der Waals surface area contributed by atoms with Crippen molar-refractivity contribution in [2.45, 2.75) is 77.9 Å². The Bertz CT molecular complexity index is 1170. The highest BCUT2D eigenvalue weighted by atomic mass is 19.1. The number of rotatable bonds is 4. The van der Waals surface area contributed by atoms with E-state index >= 15 is 0 Å². The molecule has 0 spiro atoms. The van der Waals surface area contributed by atoms with Crippen LogP contribution >= 0.6 is 0 Å². The van der Waals surface area contributed by atoms with Crippen LogP contribution in [0.1, 0.15) is 65.4 Å². The molecule has 35 heavy (non-hydrogen) atoms. The number of nitrogens with two attached hydrogens (primary N) is 2. The molecule has 5 N–H and O–H groups in total. The molecule has 1 saturated carbocycles. The van der Waals surface area contributed by atoms with E-state index in [1.165, 1.54) is 38.2 Å². The zero-order valence-electron chi connectivity index (χ0n) is 20.9. The maximum atomic E-state index is 13.9. The van der Waals surface area contributed by atoms with E-state index in [0.29, 0.717) is 23.2 Å². The van der Waals surface area contributed by atoms with Gasteiger partial charge in [0.25, 0.3) is 0 Å². The number of anilines is 2. The molecule has 9 heteroatoms. The Morgan fingerprint density at radius 3 is 2.46 bits per heavy atom. The van der Waals surface area contributed by atoms with Gasteiger partial charge in [-0.3, -0.25) is 0 Å². The lowest BCUT2D eigenvalue weighted by atomic mass is 9.96. The number of benzene rings is 1. The van der Waals surface area contributed by atoms with Gasteiger partial charge < -0.3 is 21.5 Å². The number of aromatic nitrogens is 3. The zero-order chi connectivity index (χ0) is 25.6. The van der Waals surface area contributed by atoms with Gasteiger partial charge >= 0.3 is 6.09 Å². The number of pyridine rings is 1. The van der Waals surface area contributed by atoms with Gasteiger partial charge in [-0.2, -0.15) is 0 Å². The van der Waals surface area contributed by atoms with Crippen molar-refractivity contribution in [3.8, 4) is 11.3 Å². The van der Waals surface area contributed by atoms with Gasteiger partial charge in [-0.1, -0.05) is 32.3 Å². The van der Waals surface area contributed by atoms with Crippen LogP contribution in [0, 0.1) is 5.82 Å². The number of hydrogen-bond acceptors (Lipinski definition) is 7. The molecule has 2 aromatic heterocycles. The van der Waals surface area contributed by atoms with Gasteiger partial charge in [0.05, 0.1) is 23.1 Å². The predicted molar refractivity (Wildman–Crippen MR) is 137 cm³/mol. The summed E-state index contributed by atoms with van der Waals surface area (Å²) in [6.07, 6.45) is 8.01. The lowest BCUT2D eigenvalue weighted by Gasteiger charge is -2.22. The van der Waals surface area contributed by atoms with Crippen molar-refractivity contribution in [1.29, 1.82) is 0 Å². The van der Waals surface area contributed by atoms with Crippen molar-refractivity contribution in [2.75, 3.05) is 11.1 Å². The van der Waals surface area contributed by atoms with Crippen molar-refractivity contribution in [1.82, 2.24) is 15.0 Å². The Morgan fingerprint density at radius 2 is 1.89 bits per heavy atom. The molecule has 0 saturated heterocycles. The average molecular weight is 483 g/mol. The fraction of sp³-hybridized carbons (Fsp3) is 0.462. The van der Waals surface area contributed by atoms with Crippen LogP contribution in [0.4, 0.5) is 20.8 Å². The Labute approximate surface area is 205 Å². The van der Waals surface area contributed by atoms with Crippen LogP contribution < -0.4 is 16.8 Å². The summed E-state index contributed by atoms with van der Waals surface area (Å²) in [7, 11) is 0. The van der Waals surface area contributed by atoms with E-state index in [1.54, 1.807) is 39.1 Å². The van der Waals surface area contributed by atoms with E-state index in [4.69, 9.17) is 16.5 Å². The maximum absolute atomic E-state index is 13.9. The van der Waals surface area contributed by atoms with Crippen molar-refractivity contribution >= 4 is 28.8 Å². The molecule has 0 unspecified atom stereocenters. The molecule has 1 aromatic carbocycles. The maximum Gasteiger partial charge on any atom is 0.405 e. The van der Waals surface area contributed by atoms with Gasteiger partial charge in [0.1, 0.15) is 16.9 Å². The van der Waals surface area contributed by atoms with Crippen molar-refractivity contribution in [2.24, 2.45) is 5.73 Å². The van der Waals surface area contributed by atoms with E-state index < -0.39 is 17.5 Å². The Morgan fingerprint density at radius 1 is 1.17 bits per heavy atom. The second-order valence-corrected chi connectivity index (χ2v) is 9.70. The number of primary amides is 1. The fourth-order valence-corrected chi connectivity index (χ4v) is 3.99. The SMILES string of the molecule is CC(C)(C)OC(N)=O.CCc1cc(-c2ccc(N)c(F)c2)nc2cnc(NC3CCCCC3)nc12. The first-order valence-corrected chi connectivity index (χ1v) is 12.0. The number of fused-ring (bicyclic) bond motifs is 1. The van der Waals surface area contributed by atoms with Crippen LogP contribution in [-0.2, 0) is 11.2 Å². The number of amides is 1. The van der Waals surface area contributed by atoms with Gasteiger partial charge in [0, 0.05) is 11.6 Å². The number of hydrogen-bond donors (Lipinski definition) is 3. The minimum atomic E-state index is -0.725. The lowest BCUT2D eigenvalue weighted by Crippen LogP contribution is -2.27. The van der Waals surface area contributed by atoms with Crippen LogP contribution in [0.15, 0.2) is 30.5 Å². The largest absolute Gasteiger partial charge is 0.444 e. The summed E-state index contributed by atoms with van der Waals surface area (Å²) in [5.74, 6) is 0.230. The summed E-state index contributed by atoms with van der Waals surface area (Å²) in [6.45, 7) is 7.37. The Kier molecular flexibility index (Phi) is 8.43. The molecule has 1 fully saturated rings. The second-order valence-electron chi connectivity index (χ2n) is 9.70. The molecule has 2 heterocycles. The number of nitrogens with zero attached hydrogens (tertiary/aromatic N) is 3. The standard InChI is InChI=1S/C21H24FN5.C5H11NO2/c1-2-13-11-18(14-8-9-17(23)16(22)10-14)26-19-12-24-21(27-20(13)19)25-15-6-4-3-5-7-15;1-5(2,3)8-4(6)7/h8-12,15H,2-7,23H2,1H3,(H,24,25,27);1-3H3,(H2,6,7). The summed E-state index contributed by atoms with van der Waals surface area (Å²) >= 11 is 0. The van der Waals surface area contributed by atoms with Gasteiger partial charge in [-0.25, -0.2) is 24.1 Å². The molecule has 1 amide bonds. The molecule has 0 aliphatic heterocycles. The first-order valence-electron chi connectivity index (χ1n) is 12.0. The van der Waals surface area contributed by atoms with E-state index in [2.05, 4.69) is 26.9 Å². The fourth-order valence-electron chi connectivity index (χ4n) is 3.99. The smallest absolute Gasteiger partial charge is 0.405 e. The second kappa shape index (κ2) is 11.3. The van der Waals surface area contributed by atoms with E-state index in [-0.39, 0.29) is 5.69 Å². The molecule has 1 aliphatic rings. The topological polar surface area (TPSA) is 129 Å². The van der Waals surface area contributed by atoms with Crippen LogP contribution in [-0.4, -0.2) is 32.7 Å². The minimum absolute atomic E-state index is 0.136. The van der Waals surface area contributed by atoms with Gasteiger partial charge in [-0.15, -0.1) is 0 Å². The third-order valence-electron chi connectivity index (χ3n) is 5.65. The van der Waals surface area contributed by atoms with Crippen LogP contribution in [0.5, 0.6) is 0 Å². The molecule has 1 aliphatic carbocycles. The summed E-state index contributed by atoms with van der Waals surface area (Å²) in [6, 6.07) is 7.20. The molecule has 0 atom stereocenters. The first-order chi connectivity index (χ1) is 16.6. The number of nitrogens with one attached hydrogen (secondary N) is 1. The highest BCUT2D eigenvalue weighted by molar-refractivity contribution is 5.82. The molecule has 0 bridgehead atoms. The normalized spacial score (nSPS) is 14.2.